The summed E-state index contributed by atoms with van der Waals surface area (Å²) in [6.07, 6.45) is 30.1. The van der Waals surface area contributed by atoms with E-state index in [-0.39, 0.29) is 32.2 Å². The lowest BCUT2D eigenvalue weighted by molar-refractivity contribution is -0.161. The summed E-state index contributed by atoms with van der Waals surface area (Å²) >= 11 is 0. The van der Waals surface area contributed by atoms with Crippen LogP contribution >= 0.6 is 7.82 Å². The molecule has 2 unspecified atom stereocenters. The first-order valence-electron chi connectivity index (χ1n) is 18.8. The largest absolute Gasteiger partial charge is 0.472 e. The molecule has 1 N–H and O–H groups in total. The number of rotatable bonds is 35. The van der Waals surface area contributed by atoms with Gasteiger partial charge >= 0.3 is 19.8 Å². The molecule has 0 aliphatic carbocycles. The second-order valence-electron chi connectivity index (χ2n) is 12.6. The molecule has 0 rings (SSSR count). The molecule has 0 amide bonds. The summed E-state index contributed by atoms with van der Waals surface area (Å²) in [6.45, 7) is 5.46. The summed E-state index contributed by atoms with van der Waals surface area (Å²) < 4.78 is 32.4. The maximum Gasteiger partial charge on any atom is 0.472 e. The molecule has 0 saturated carbocycles. The molecule has 0 aromatic carbocycles. The standard InChI is InChI=1S/C36H71O8P/c1-4-7-9-11-13-15-16-17-18-19-20-21-23-25-27-29-31-36(38)44-34(33-43-45(39,40)42-6-3)32-41-35(37)30-28-26-24-22-14-12-10-8-5-2/h34H,4-33H2,1-3H3,(H,39,40). The van der Waals surface area contributed by atoms with Gasteiger partial charge < -0.3 is 14.4 Å². The molecule has 0 heterocycles. The van der Waals surface area contributed by atoms with Crippen molar-refractivity contribution in [2.45, 2.75) is 200 Å². The highest BCUT2D eigenvalue weighted by atomic mass is 31.2. The average Bonchev–Trinajstić information content (AvgIpc) is 3.01. The van der Waals surface area contributed by atoms with Crippen LogP contribution in [0.3, 0.4) is 0 Å². The topological polar surface area (TPSA) is 108 Å². The Balaban J connectivity index is 4.08. The van der Waals surface area contributed by atoms with Gasteiger partial charge in [-0.15, -0.1) is 0 Å². The monoisotopic (exact) mass is 662 g/mol. The van der Waals surface area contributed by atoms with E-state index in [0.29, 0.717) is 6.42 Å². The van der Waals surface area contributed by atoms with E-state index in [1.807, 2.05) is 0 Å². The van der Waals surface area contributed by atoms with Crippen molar-refractivity contribution in [2.24, 2.45) is 0 Å². The molecule has 9 heteroatoms. The van der Waals surface area contributed by atoms with E-state index in [1.54, 1.807) is 6.92 Å². The summed E-state index contributed by atoms with van der Waals surface area (Å²) in [5.74, 6) is -0.790. The SMILES string of the molecule is CCCCCCCCCCCCCCCCCCC(=O)OC(COC(=O)CCCCCCCCCCC)COP(=O)(O)OCC. The third-order valence-electron chi connectivity index (χ3n) is 8.16. The van der Waals surface area contributed by atoms with Crippen molar-refractivity contribution in [1.29, 1.82) is 0 Å². The predicted molar refractivity (Wildman–Crippen MR) is 184 cm³/mol. The van der Waals surface area contributed by atoms with E-state index >= 15 is 0 Å². The first-order valence-corrected chi connectivity index (χ1v) is 20.3. The number of hydrogen-bond acceptors (Lipinski definition) is 7. The van der Waals surface area contributed by atoms with Gasteiger partial charge in [0.25, 0.3) is 0 Å². The molecule has 8 nitrogen and oxygen atoms in total. The third kappa shape index (κ3) is 32.8. The van der Waals surface area contributed by atoms with Crippen molar-refractivity contribution in [3.05, 3.63) is 0 Å². The first kappa shape index (κ1) is 44.0. The molecule has 0 bridgehead atoms. The van der Waals surface area contributed by atoms with Crippen molar-refractivity contribution in [1.82, 2.24) is 0 Å². The van der Waals surface area contributed by atoms with Gasteiger partial charge in [0.15, 0.2) is 6.10 Å². The Morgan fingerprint density at radius 1 is 0.511 bits per heavy atom. The van der Waals surface area contributed by atoms with Crippen LogP contribution in [0.1, 0.15) is 194 Å². The van der Waals surface area contributed by atoms with Crippen LogP contribution in [0.15, 0.2) is 0 Å². The molecule has 2 atom stereocenters. The zero-order valence-corrected chi connectivity index (χ0v) is 30.4. The Hall–Kier alpha value is -0.950. The van der Waals surface area contributed by atoms with E-state index < -0.39 is 19.9 Å². The average molecular weight is 663 g/mol. The fourth-order valence-electron chi connectivity index (χ4n) is 5.39. The lowest BCUT2D eigenvalue weighted by Crippen LogP contribution is -2.29. The molecule has 0 saturated heterocycles. The van der Waals surface area contributed by atoms with Gasteiger partial charge in [-0.2, -0.15) is 0 Å². The Bertz CT molecular complexity index is 717. The highest BCUT2D eigenvalue weighted by molar-refractivity contribution is 7.47. The number of hydrogen-bond donors (Lipinski definition) is 1. The van der Waals surface area contributed by atoms with Gasteiger partial charge in [-0.1, -0.05) is 162 Å². The quantitative estimate of drug-likeness (QED) is 0.0406. The summed E-state index contributed by atoms with van der Waals surface area (Å²) in [7, 11) is -4.26. The molecule has 0 aromatic rings. The van der Waals surface area contributed by atoms with Crippen LogP contribution in [0.5, 0.6) is 0 Å². The van der Waals surface area contributed by atoms with Crippen LogP contribution in [-0.2, 0) is 32.7 Å². The highest BCUT2D eigenvalue weighted by Gasteiger charge is 2.25. The molecular weight excluding hydrogens is 591 g/mol. The molecule has 0 spiro atoms. The lowest BCUT2D eigenvalue weighted by Gasteiger charge is -2.19. The Labute approximate surface area is 277 Å². The minimum atomic E-state index is -4.26. The maximum atomic E-state index is 12.5. The smallest absolute Gasteiger partial charge is 0.462 e. The van der Waals surface area contributed by atoms with Gasteiger partial charge in [0.1, 0.15) is 6.61 Å². The molecule has 0 radical (unpaired) electrons. The second-order valence-corrected chi connectivity index (χ2v) is 14.1. The molecular formula is C36H71O8P. The van der Waals surface area contributed by atoms with Crippen LogP contribution < -0.4 is 0 Å². The molecule has 0 fully saturated rings. The Kier molecular flexibility index (Phi) is 32.3. The zero-order chi connectivity index (χ0) is 33.3. The predicted octanol–water partition coefficient (Wildman–Crippen LogP) is 11.2. The molecule has 0 aliphatic heterocycles. The molecule has 45 heavy (non-hydrogen) atoms. The maximum absolute atomic E-state index is 12.5. The number of ether oxygens (including phenoxy) is 2. The number of unbranched alkanes of at least 4 members (excludes halogenated alkanes) is 23. The van der Waals surface area contributed by atoms with Gasteiger partial charge in [-0.3, -0.25) is 18.6 Å². The molecule has 268 valence electrons. The molecule has 0 aromatic heterocycles. The minimum absolute atomic E-state index is 0.00517. The second kappa shape index (κ2) is 33.0. The number of phosphoric acid groups is 1. The van der Waals surface area contributed by atoms with Crippen molar-refractivity contribution in [3.63, 3.8) is 0 Å². The molecule has 0 aliphatic rings. The number of carbonyl (C=O) groups excluding carboxylic acids is 2. The summed E-state index contributed by atoms with van der Waals surface area (Å²) in [5, 5.41) is 0. The van der Waals surface area contributed by atoms with E-state index in [4.69, 9.17) is 18.5 Å². The summed E-state index contributed by atoms with van der Waals surface area (Å²) in [4.78, 5) is 34.5. The lowest BCUT2D eigenvalue weighted by atomic mass is 10.0. The number of phosphoric ester groups is 1. The number of esters is 2. The van der Waals surface area contributed by atoms with Crippen molar-refractivity contribution in [2.75, 3.05) is 19.8 Å². The van der Waals surface area contributed by atoms with Crippen LogP contribution in [0, 0.1) is 0 Å². The minimum Gasteiger partial charge on any atom is -0.462 e. The van der Waals surface area contributed by atoms with Gasteiger partial charge in [0, 0.05) is 12.8 Å². The van der Waals surface area contributed by atoms with Crippen LogP contribution in [0.25, 0.3) is 0 Å². The van der Waals surface area contributed by atoms with Crippen molar-refractivity contribution in [3.8, 4) is 0 Å². The van der Waals surface area contributed by atoms with Gasteiger partial charge in [-0.05, 0) is 19.8 Å². The fraction of sp³-hybridized carbons (Fsp3) is 0.944. The Morgan fingerprint density at radius 3 is 1.24 bits per heavy atom. The van der Waals surface area contributed by atoms with E-state index in [1.165, 1.54) is 122 Å². The van der Waals surface area contributed by atoms with Crippen LogP contribution in [0.2, 0.25) is 0 Å². The highest BCUT2D eigenvalue weighted by Crippen LogP contribution is 2.43. The van der Waals surface area contributed by atoms with Crippen LogP contribution in [0.4, 0.5) is 0 Å². The van der Waals surface area contributed by atoms with Gasteiger partial charge in [-0.25, -0.2) is 4.57 Å². The number of carbonyl (C=O) groups is 2. The van der Waals surface area contributed by atoms with E-state index in [0.717, 1.165) is 38.5 Å². The third-order valence-corrected chi connectivity index (χ3v) is 9.22. The van der Waals surface area contributed by atoms with Crippen molar-refractivity contribution >= 4 is 19.8 Å². The van der Waals surface area contributed by atoms with Gasteiger partial charge in [0.2, 0.25) is 0 Å². The van der Waals surface area contributed by atoms with E-state index in [9.17, 15) is 19.0 Å². The Morgan fingerprint density at radius 2 is 0.867 bits per heavy atom. The first-order chi connectivity index (χ1) is 21.8. The summed E-state index contributed by atoms with van der Waals surface area (Å²) in [5.41, 5.74) is 0. The van der Waals surface area contributed by atoms with E-state index in [2.05, 4.69) is 13.8 Å². The normalized spacial score (nSPS) is 13.4. The van der Waals surface area contributed by atoms with Crippen molar-refractivity contribution < 1.29 is 37.6 Å². The zero-order valence-electron chi connectivity index (χ0n) is 29.5. The van der Waals surface area contributed by atoms with Crippen LogP contribution in [-0.4, -0.2) is 42.8 Å². The fourth-order valence-corrected chi connectivity index (χ4v) is 6.15. The summed E-state index contributed by atoms with van der Waals surface area (Å²) in [6, 6.07) is 0. The van der Waals surface area contributed by atoms with Gasteiger partial charge in [0.05, 0.1) is 13.2 Å².